The van der Waals surface area contributed by atoms with E-state index in [1.807, 2.05) is 0 Å². The van der Waals surface area contributed by atoms with Crippen molar-refractivity contribution in [2.24, 2.45) is 0 Å². The lowest BCUT2D eigenvalue weighted by atomic mass is 10.3. The summed E-state index contributed by atoms with van der Waals surface area (Å²) in [5.41, 5.74) is 0.796. The first kappa shape index (κ1) is 17.8. The van der Waals surface area contributed by atoms with Crippen LogP contribution in [-0.4, -0.2) is 24.3 Å². The van der Waals surface area contributed by atoms with Crippen molar-refractivity contribution in [3.05, 3.63) is 58.6 Å². The average Bonchev–Trinajstić information content (AvgIpc) is 2.57. The molecule has 2 aromatic carbocycles. The van der Waals surface area contributed by atoms with Gasteiger partial charge < -0.3 is 16.0 Å². The summed E-state index contributed by atoms with van der Waals surface area (Å²) < 4.78 is 0. The van der Waals surface area contributed by atoms with Crippen molar-refractivity contribution in [2.45, 2.75) is 0 Å². The van der Waals surface area contributed by atoms with Crippen molar-refractivity contribution >= 4 is 52.3 Å². The zero-order valence-corrected chi connectivity index (χ0v) is 13.8. The predicted octanol–water partition coefficient (Wildman–Crippen LogP) is 2.69. The van der Waals surface area contributed by atoms with Crippen molar-refractivity contribution in [2.75, 3.05) is 17.2 Å². The Bertz CT molecular complexity index is 766. The molecule has 0 aliphatic rings. The minimum absolute atomic E-state index is 0.195. The zero-order chi connectivity index (χ0) is 17.5. The van der Waals surface area contributed by atoms with Crippen LogP contribution in [0.1, 0.15) is 0 Å². The highest BCUT2D eigenvalue weighted by molar-refractivity contribution is 6.44. The van der Waals surface area contributed by atoms with E-state index < -0.39 is 17.7 Å². The van der Waals surface area contributed by atoms with Gasteiger partial charge in [0.2, 0.25) is 5.91 Å². The standard InChI is InChI=1S/C16H13Cl2N3O3/c17-11-7-4-8-12(14(11)18)21-13(22)9-19-15(23)16(24)20-10-5-2-1-3-6-10/h1-8H,9H2,(H,19,23)(H,20,24)(H,21,22). The summed E-state index contributed by atoms with van der Waals surface area (Å²) in [5, 5.41) is 7.61. The molecule has 24 heavy (non-hydrogen) atoms. The summed E-state index contributed by atoms with van der Waals surface area (Å²) >= 11 is 11.8. The van der Waals surface area contributed by atoms with E-state index in [1.54, 1.807) is 48.5 Å². The number of rotatable bonds is 4. The van der Waals surface area contributed by atoms with Crippen LogP contribution in [0.5, 0.6) is 0 Å². The van der Waals surface area contributed by atoms with Gasteiger partial charge in [-0.15, -0.1) is 0 Å². The van der Waals surface area contributed by atoms with Crippen LogP contribution in [0.15, 0.2) is 48.5 Å². The molecule has 0 radical (unpaired) electrons. The Kier molecular flexibility index (Phi) is 6.17. The molecule has 0 saturated heterocycles. The Morgan fingerprint density at radius 1 is 0.833 bits per heavy atom. The Balaban J connectivity index is 1.83. The van der Waals surface area contributed by atoms with Gasteiger partial charge in [-0.05, 0) is 24.3 Å². The molecule has 0 heterocycles. The third-order valence-corrected chi connectivity index (χ3v) is 3.69. The van der Waals surface area contributed by atoms with Crippen molar-refractivity contribution in [3.8, 4) is 0 Å². The zero-order valence-electron chi connectivity index (χ0n) is 12.3. The van der Waals surface area contributed by atoms with Gasteiger partial charge in [-0.2, -0.15) is 0 Å². The van der Waals surface area contributed by atoms with Crippen molar-refractivity contribution < 1.29 is 14.4 Å². The van der Waals surface area contributed by atoms with E-state index in [2.05, 4.69) is 16.0 Å². The van der Waals surface area contributed by atoms with Gasteiger partial charge in [-0.25, -0.2) is 0 Å². The molecule has 0 unspecified atom stereocenters. The molecule has 0 aliphatic heterocycles. The topological polar surface area (TPSA) is 87.3 Å². The number of nitrogens with one attached hydrogen (secondary N) is 3. The molecule has 0 aromatic heterocycles. The van der Waals surface area contributed by atoms with Crippen LogP contribution in [0.25, 0.3) is 0 Å². The molecule has 3 N–H and O–H groups in total. The van der Waals surface area contributed by atoms with E-state index >= 15 is 0 Å². The minimum atomic E-state index is -0.925. The number of hydrogen-bond acceptors (Lipinski definition) is 3. The lowest BCUT2D eigenvalue weighted by Crippen LogP contribution is -2.39. The molecule has 2 aromatic rings. The van der Waals surface area contributed by atoms with Gasteiger partial charge in [-0.1, -0.05) is 47.5 Å². The number of amides is 3. The summed E-state index contributed by atoms with van der Waals surface area (Å²) in [6.45, 7) is -0.385. The van der Waals surface area contributed by atoms with E-state index in [4.69, 9.17) is 23.2 Å². The van der Waals surface area contributed by atoms with Crippen LogP contribution in [-0.2, 0) is 14.4 Å². The molecule has 0 aliphatic carbocycles. The second-order valence-electron chi connectivity index (χ2n) is 4.65. The largest absolute Gasteiger partial charge is 0.339 e. The molecule has 0 saturated carbocycles. The van der Waals surface area contributed by atoms with Gasteiger partial charge in [0, 0.05) is 5.69 Å². The maximum atomic E-state index is 11.8. The molecule has 124 valence electrons. The van der Waals surface area contributed by atoms with Crippen LogP contribution in [0.3, 0.4) is 0 Å². The van der Waals surface area contributed by atoms with Crippen molar-refractivity contribution in [1.29, 1.82) is 0 Å². The lowest BCUT2D eigenvalue weighted by molar-refractivity contribution is -0.136. The van der Waals surface area contributed by atoms with Gasteiger partial charge in [0.05, 0.1) is 22.3 Å². The van der Waals surface area contributed by atoms with Gasteiger partial charge in [0.15, 0.2) is 0 Å². The second kappa shape index (κ2) is 8.33. The molecule has 0 fully saturated rings. The molecule has 6 nitrogen and oxygen atoms in total. The Morgan fingerprint density at radius 3 is 2.25 bits per heavy atom. The van der Waals surface area contributed by atoms with Gasteiger partial charge >= 0.3 is 11.8 Å². The summed E-state index contributed by atoms with van der Waals surface area (Å²) in [6, 6.07) is 13.3. The smallest absolute Gasteiger partial charge is 0.313 e. The molecular formula is C16H13Cl2N3O3. The number of hydrogen-bond donors (Lipinski definition) is 3. The third-order valence-electron chi connectivity index (χ3n) is 2.87. The fourth-order valence-corrected chi connectivity index (χ4v) is 2.09. The first-order valence-corrected chi connectivity index (χ1v) is 7.61. The third kappa shape index (κ3) is 4.97. The molecule has 8 heteroatoms. The van der Waals surface area contributed by atoms with E-state index in [9.17, 15) is 14.4 Å². The van der Waals surface area contributed by atoms with E-state index in [0.717, 1.165) is 0 Å². The highest BCUT2D eigenvalue weighted by Gasteiger charge is 2.15. The molecule has 0 spiro atoms. The Labute approximate surface area is 148 Å². The van der Waals surface area contributed by atoms with Crippen molar-refractivity contribution in [3.63, 3.8) is 0 Å². The Morgan fingerprint density at radius 2 is 1.54 bits per heavy atom. The molecule has 2 rings (SSSR count). The van der Waals surface area contributed by atoms with Gasteiger partial charge in [-0.3, -0.25) is 14.4 Å². The normalized spacial score (nSPS) is 9.92. The van der Waals surface area contributed by atoms with Gasteiger partial charge in [0.25, 0.3) is 0 Å². The number of halogens is 2. The molecular weight excluding hydrogens is 353 g/mol. The number of benzene rings is 2. The first-order chi connectivity index (χ1) is 11.5. The monoisotopic (exact) mass is 365 g/mol. The van der Waals surface area contributed by atoms with Crippen molar-refractivity contribution in [1.82, 2.24) is 5.32 Å². The summed E-state index contributed by atoms with van der Waals surface area (Å²) in [6.07, 6.45) is 0. The SMILES string of the molecule is O=C(CNC(=O)C(=O)Nc1ccccc1)Nc1cccc(Cl)c1Cl. The van der Waals surface area contributed by atoms with Gasteiger partial charge in [0.1, 0.15) is 0 Å². The lowest BCUT2D eigenvalue weighted by Gasteiger charge is -2.09. The van der Waals surface area contributed by atoms with Crippen LogP contribution in [0.2, 0.25) is 10.0 Å². The van der Waals surface area contributed by atoms with E-state index in [-0.39, 0.29) is 11.6 Å². The van der Waals surface area contributed by atoms with E-state index in [1.165, 1.54) is 0 Å². The fourth-order valence-electron chi connectivity index (χ4n) is 1.74. The summed E-state index contributed by atoms with van der Waals surface area (Å²) in [4.78, 5) is 35.2. The highest BCUT2D eigenvalue weighted by Crippen LogP contribution is 2.29. The number of carbonyl (C=O) groups is 3. The maximum Gasteiger partial charge on any atom is 0.313 e. The molecule has 0 bridgehead atoms. The first-order valence-electron chi connectivity index (χ1n) is 6.85. The highest BCUT2D eigenvalue weighted by atomic mass is 35.5. The van der Waals surface area contributed by atoms with Crippen LogP contribution in [0.4, 0.5) is 11.4 Å². The fraction of sp³-hybridized carbons (Fsp3) is 0.0625. The summed E-state index contributed by atoms with van der Waals surface area (Å²) in [5.74, 6) is -2.33. The predicted molar refractivity (Wildman–Crippen MR) is 93.2 cm³/mol. The van der Waals surface area contributed by atoms with Crippen LogP contribution < -0.4 is 16.0 Å². The average molecular weight is 366 g/mol. The maximum absolute atomic E-state index is 11.8. The van der Waals surface area contributed by atoms with E-state index in [0.29, 0.717) is 16.4 Å². The molecule has 0 atom stereocenters. The Hall–Kier alpha value is -2.57. The second-order valence-corrected chi connectivity index (χ2v) is 5.44. The molecule has 3 amide bonds. The van der Waals surface area contributed by atoms with Crippen LogP contribution >= 0.6 is 23.2 Å². The number of carbonyl (C=O) groups excluding carboxylic acids is 3. The number of para-hydroxylation sites is 1. The minimum Gasteiger partial charge on any atom is -0.339 e. The quantitative estimate of drug-likeness (QED) is 0.727. The van der Waals surface area contributed by atoms with Crippen LogP contribution in [0, 0.1) is 0 Å². The number of anilines is 2. The summed E-state index contributed by atoms with van der Waals surface area (Å²) in [7, 11) is 0.